The fourth-order valence-electron chi connectivity index (χ4n) is 3.48. The zero-order chi connectivity index (χ0) is 20.9. The van der Waals surface area contributed by atoms with Gasteiger partial charge in [-0.15, -0.1) is 0 Å². The zero-order valence-electron chi connectivity index (χ0n) is 16.1. The molecule has 3 heterocycles. The Morgan fingerprint density at radius 3 is 2.65 bits per heavy atom. The highest BCUT2D eigenvalue weighted by Crippen LogP contribution is 2.39. The Bertz CT molecular complexity index is 1360. The maximum atomic E-state index is 13.2. The standard InChI is InChI=1S/C21H15BrN4O4S/c22-12-3-1-11(2-4-12)19-24-18(30-25-19)9-31-21-23-15-8-17-16(28-10-29-17)7-14(15)20(27)26(21)13-5-6-13/h1-4,7-8,13H,5-6,9-10H2. The predicted molar refractivity (Wildman–Crippen MR) is 117 cm³/mol. The maximum Gasteiger partial charge on any atom is 0.262 e. The molecule has 2 aromatic carbocycles. The number of benzene rings is 2. The summed E-state index contributed by atoms with van der Waals surface area (Å²) in [7, 11) is 0. The molecule has 0 unspecified atom stereocenters. The van der Waals surface area contributed by atoms with E-state index in [0.717, 1.165) is 22.9 Å². The Morgan fingerprint density at radius 1 is 1.10 bits per heavy atom. The molecule has 0 saturated heterocycles. The molecule has 4 aromatic rings. The highest BCUT2D eigenvalue weighted by Gasteiger charge is 2.29. The van der Waals surface area contributed by atoms with E-state index in [1.165, 1.54) is 11.8 Å². The van der Waals surface area contributed by atoms with Gasteiger partial charge in [-0.25, -0.2) is 4.98 Å². The summed E-state index contributed by atoms with van der Waals surface area (Å²) >= 11 is 4.84. The number of halogens is 1. The molecule has 1 saturated carbocycles. The lowest BCUT2D eigenvalue weighted by molar-refractivity contribution is 0.174. The Hall–Kier alpha value is -2.85. The van der Waals surface area contributed by atoms with Gasteiger partial charge in [-0.2, -0.15) is 4.98 Å². The molecule has 156 valence electrons. The van der Waals surface area contributed by atoms with Crippen molar-refractivity contribution in [3.8, 4) is 22.9 Å². The summed E-state index contributed by atoms with van der Waals surface area (Å²) in [5.41, 5.74) is 1.40. The molecule has 0 amide bonds. The van der Waals surface area contributed by atoms with E-state index in [4.69, 9.17) is 19.0 Å². The SMILES string of the molecule is O=c1c2cc3c(cc2nc(SCc2nc(-c4ccc(Br)cc4)no2)n1C1CC1)OCO3. The topological polar surface area (TPSA) is 92.3 Å². The van der Waals surface area contributed by atoms with E-state index in [0.29, 0.717) is 45.0 Å². The molecule has 1 fully saturated rings. The van der Waals surface area contributed by atoms with E-state index >= 15 is 0 Å². The number of rotatable bonds is 5. The number of fused-ring (bicyclic) bond motifs is 2. The van der Waals surface area contributed by atoms with Crippen molar-refractivity contribution >= 4 is 38.6 Å². The van der Waals surface area contributed by atoms with Crippen LogP contribution < -0.4 is 15.0 Å². The first kappa shape index (κ1) is 18.9. The van der Waals surface area contributed by atoms with Gasteiger partial charge in [0.2, 0.25) is 18.5 Å². The van der Waals surface area contributed by atoms with E-state index in [-0.39, 0.29) is 18.4 Å². The molecule has 1 aliphatic carbocycles. The maximum absolute atomic E-state index is 13.2. The van der Waals surface area contributed by atoms with Crippen molar-refractivity contribution in [1.29, 1.82) is 0 Å². The third-order valence-electron chi connectivity index (χ3n) is 5.17. The van der Waals surface area contributed by atoms with Crippen LogP contribution in [-0.2, 0) is 5.75 Å². The van der Waals surface area contributed by atoms with Crippen molar-refractivity contribution in [2.24, 2.45) is 0 Å². The molecular formula is C21H15BrN4O4S. The third-order valence-corrected chi connectivity index (χ3v) is 6.64. The summed E-state index contributed by atoms with van der Waals surface area (Å²) in [6.07, 6.45) is 1.94. The molecule has 2 aliphatic rings. The average molecular weight is 499 g/mol. The lowest BCUT2D eigenvalue weighted by Crippen LogP contribution is -2.22. The van der Waals surface area contributed by atoms with E-state index < -0.39 is 0 Å². The first-order valence-corrected chi connectivity index (χ1v) is 11.5. The summed E-state index contributed by atoms with van der Waals surface area (Å²) in [4.78, 5) is 22.5. The molecule has 8 nitrogen and oxygen atoms in total. The molecule has 0 atom stereocenters. The lowest BCUT2D eigenvalue weighted by Gasteiger charge is -2.12. The first-order valence-electron chi connectivity index (χ1n) is 9.73. The van der Waals surface area contributed by atoms with Gasteiger partial charge >= 0.3 is 0 Å². The molecule has 1 aliphatic heterocycles. The monoisotopic (exact) mass is 498 g/mol. The van der Waals surface area contributed by atoms with Crippen LogP contribution in [-0.4, -0.2) is 26.5 Å². The van der Waals surface area contributed by atoms with Gasteiger partial charge in [0, 0.05) is 22.1 Å². The summed E-state index contributed by atoms with van der Waals surface area (Å²) in [5.74, 6) is 2.61. The molecule has 0 radical (unpaired) electrons. The van der Waals surface area contributed by atoms with E-state index in [1.807, 2.05) is 24.3 Å². The molecule has 31 heavy (non-hydrogen) atoms. The minimum absolute atomic E-state index is 0.0608. The van der Waals surface area contributed by atoms with Crippen molar-refractivity contribution in [2.75, 3.05) is 6.79 Å². The van der Waals surface area contributed by atoms with Gasteiger partial charge in [-0.3, -0.25) is 9.36 Å². The molecular weight excluding hydrogens is 484 g/mol. The van der Waals surface area contributed by atoms with Gasteiger partial charge in [-0.05, 0) is 43.2 Å². The summed E-state index contributed by atoms with van der Waals surface area (Å²) in [6.45, 7) is 0.155. The van der Waals surface area contributed by atoms with Crippen LogP contribution in [0.2, 0.25) is 0 Å². The second-order valence-corrected chi connectivity index (χ2v) is 9.19. The van der Waals surface area contributed by atoms with Crippen molar-refractivity contribution in [3.63, 3.8) is 0 Å². The van der Waals surface area contributed by atoms with Gasteiger partial charge < -0.3 is 14.0 Å². The Labute approximate surface area is 188 Å². The van der Waals surface area contributed by atoms with Crippen LogP contribution in [0.4, 0.5) is 0 Å². The minimum atomic E-state index is -0.0608. The quantitative estimate of drug-likeness (QED) is 0.292. The number of aromatic nitrogens is 4. The van der Waals surface area contributed by atoms with Crippen LogP contribution in [0, 0.1) is 0 Å². The highest BCUT2D eigenvalue weighted by molar-refractivity contribution is 9.10. The van der Waals surface area contributed by atoms with Crippen LogP contribution >= 0.6 is 27.7 Å². The van der Waals surface area contributed by atoms with Crippen molar-refractivity contribution in [2.45, 2.75) is 29.8 Å². The first-order chi connectivity index (χ1) is 15.2. The van der Waals surface area contributed by atoms with E-state index in [1.54, 1.807) is 16.7 Å². The minimum Gasteiger partial charge on any atom is -0.454 e. The van der Waals surface area contributed by atoms with Crippen LogP contribution in [0.3, 0.4) is 0 Å². The van der Waals surface area contributed by atoms with Crippen molar-refractivity contribution < 1.29 is 14.0 Å². The highest BCUT2D eigenvalue weighted by atomic mass is 79.9. The molecule has 10 heteroatoms. The second-order valence-electron chi connectivity index (χ2n) is 7.33. The number of thioether (sulfide) groups is 1. The van der Waals surface area contributed by atoms with Crippen LogP contribution in [0.1, 0.15) is 24.8 Å². The smallest absolute Gasteiger partial charge is 0.262 e. The summed E-state index contributed by atoms with van der Waals surface area (Å²) in [6, 6.07) is 11.4. The van der Waals surface area contributed by atoms with Gasteiger partial charge in [0.15, 0.2) is 16.7 Å². The van der Waals surface area contributed by atoms with Gasteiger partial charge in [0.25, 0.3) is 5.56 Å². The Kier molecular flexibility index (Phi) is 4.50. The van der Waals surface area contributed by atoms with Crippen molar-refractivity contribution in [3.05, 3.63) is 57.1 Å². The third kappa shape index (κ3) is 3.49. The summed E-state index contributed by atoms with van der Waals surface area (Å²) in [5, 5.41) is 5.25. The van der Waals surface area contributed by atoms with Crippen LogP contribution in [0.5, 0.6) is 11.5 Å². The van der Waals surface area contributed by atoms with E-state index in [9.17, 15) is 4.79 Å². The predicted octanol–water partition coefficient (Wildman–Crippen LogP) is 4.56. The number of hydrogen-bond donors (Lipinski definition) is 0. The van der Waals surface area contributed by atoms with Crippen LogP contribution in [0.15, 0.2) is 55.3 Å². The normalized spacial score (nSPS) is 15.0. The zero-order valence-corrected chi connectivity index (χ0v) is 18.5. The largest absolute Gasteiger partial charge is 0.454 e. The average Bonchev–Trinajstić information content (AvgIpc) is 3.30. The fourth-order valence-corrected chi connectivity index (χ4v) is 4.65. The second kappa shape index (κ2) is 7.38. The Balaban J connectivity index is 1.32. The fraction of sp³-hybridized carbons (Fsp3) is 0.238. The molecule has 0 N–H and O–H groups in total. The molecule has 0 spiro atoms. The lowest BCUT2D eigenvalue weighted by atomic mass is 10.2. The summed E-state index contributed by atoms with van der Waals surface area (Å²) < 4.78 is 19.1. The Morgan fingerprint density at radius 2 is 1.87 bits per heavy atom. The number of nitrogens with zero attached hydrogens (tertiary/aromatic N) is 4. The van der Waals surface area contributed by atoms with Gasteiger partial charge in [0.1, 0.15) is 0 Å². The van der Waals surface area contributed by atoms with E-state index in [2.05, 4.69) is 26.1 Å². The molecule has 0 bridgehead atoms. The molecule has 6 rings (SSSR count). The van der Waals surface area contributed by atoms with Gasteiger partial charge in [0.05, 0.1) is 16.7 Å². The van der Waals surface area contributed by atoms with Crippen LogP contribution in [0.25, 0.3) is 22.3 Å². The molecule has 2 aromatic heterocycles. The number of ether oxygens (including phenoxy) is 2. The van der Waals surface area contributed by atoms with Gasteiger partial charge in [-0.1, -0.05) is 32.8 Å². The van der Waals surface area contributed by atoms with Crippen molar-refractivity contribution in [1.82, 2.24) is 19.7 Å². The number of hydrogen-bond acceptors (Lipinski definition) is 8.